The van der Waals surface area contributed by atoms with Crippen molar-refractivity contribution in [3.63, 3.8) is 0 Å². The van der Waals surface area contributed by atoms with Crippen LogP contribution in [0.1, 0.15) is 1.43 Å². The van der Waals surface area contributed by atoms with Crippen LogP contribution in [0.15, 0.2) is 0 Å². The minimum absolute atomic E-state index is 0. The van der Waals surface area contributed by atoms with Crippen LogP contribution in [0, 0.1) is 0 Å². The third-order valence-corrected chi connectivity index (χ3v) is 0. The summed E-state index contributed by atoms with van der Waals surface area (Å²) in [7, 11) is 0. The average Bonchev–Trinajstić information content (AvgIpc) is 1.00. The molecule has 0 saturated heterocycles. The van der Waals surface area contributed by atoms with E-state index in [1.54, 1.807) is 0 Å². The maximum Gasteiger partial charge on any atom is 1.00 e. The molecule has 2 N–H and O–H groups in total. The van der Waals surface area contributed by atoms with Crippen molar-refractivity contribution in [2.24, 2.45) is 0 Å². The average molecular weight is 138 g/mol. The van der Waals surface area contributed by atoms with E-state index in [0.717, 1.165) is 0 Å². The molecule has 0 aromatic carbocycles. The van der Waals surface area contributed by atoms with Crippen LogP contribution in [0.5, 0.6) is 0 Å². The van der Waals surface area contributed by atoms with Crippen molar-refractivity contribution in [3.05, 3.63) is 0 Å². The molecule has 0 radical (unpaired) electrons. The zero-order valence-corrected chi connectivity index (χ0v) is 6.02. The minimum atomic E-state index is 0. The summed E-state index contributed by atoms with van der Waals surface area (Å²) in [5.41, 5.74) is 0. The van der Waals surface area contributed by atoms with Crippen molar-refractivity contribution < 1.29 is 74.2 Å². The number of hydrogen-bond donors (Lipinski definition) is 2. The Labute approximate surface area is 73.7 Å². The molecule has 5 heteroatoms. The Kier molecular flexibility index (Phi) is 217. The van der Waals surface area contributed by atoms with Crippen LogP contribution >= 0.6 is 0 Å². The second kappa shape index (κ2) is 38.4. The number of rotatable bonds is 0. The molecule has 0 unspecified atom stereocenters. The van der Waals surface area contributed by atoms with Crippen molar-refractivity contribution in [1.29, 1.82) is 0 Å². The molecule has 5 heavy (non-hydrogen) atoms. The Bertz CT molecular complexity index is 11.5. The summed E-state index contributed by atoms with van der Waals surface area (Å²) in [6, 6.07) is 0. The van der Waals surface area contributed by atoms with Crippen LogP contribution in [0.4, 0.5) is 0 Å². The van der Waals surface area contributed by atoms with Gasteiger partial charge in [-0.1, -0.05) is 0 Å². The van der Waals surface area contributed by atoms with E-state index >= 15 is 0 Å². The fourth-order valence-electron chi connectivity index (χ4n) is 0. The normalized spacial score (nSPS) is 1.20. The van der Waals surface area contributed by atoms with E-state index in [-0.39, 0.29) is 63.7 Å². The summed E-state index contributed by atoms with van der Waals surface area (Å²) in [6.07, 6.45) is 0. The van der Waals surface area contributed by atoms with E-state index in [1.165, 1.54) is 0 Å². The van der Waals surface area contributed by atoms with E-state index in [0.29, 0.717) is 0 Å². The van der Waals surface area contributed by atoms with Crippen molar-refractivity contribution in [2.75, 3.05) is 0 Å². The first-order valence-corrected chi connectivity index (χ1v) is 0.200. The van der Waals surface area contributed by atoms with Gasteiger partial charge in [0.1, 0.15) is 0 Å². The summed E-state index contributed by atoms with van der Waals surface area (Å²) in [4.78, 5) is 0. The predicted molar refractivity (Wildman–Crippen MR) is 6.37 cm³/mol. The van der Waals surface area contributed by atoms with Crippen LogP contribution in [0.25, 0.3) is 0 Å². The van der Waals surface area contributed by atoms with Gasteiger partial charge in [0.05, 0.1) is 0 Å². The zero-order chi connectivity index (χ0) is 2.00. The summed E-state index contributed by atoms with van der Waals surface area (Å²) in [5.74, 6) is 0. The predicted octanol–water partition coefficient (Wildman–Crippen LogP) is -2.87. The molecule has 24 valence electrons. The largest absolute Gasteiger partial charge is 1.00 e. The molecular weight excluding hydrogens is 135 g/mol. The van der Waals surface area contributed by atoms with Crippen LogP contribution in [0.2, 0.25) is 0 Å². The van der Waals surface area contributed by atoms with Crippen molar-refractivity contribution in [3.8, 4) is 0 Å². The summed E-state index contributed by atoms with van der Waals surface area (Å²) < 4.78 is 0. The Balaban J connectivity index is -0.000000000833. The topological polar surface area (TPSA) is 40.5 Å². The van der Waals surface area contributed by atoms with Gasteiger partial charge in [-0.3, -0.25) is 10.5 Å². The van der Waals surface area contributed by atoms with Crippen molar-refractivity contribution >= 4 is 0 Å². The van der Waals surface area contributed by atoms with Crippen LogP contribution in [0.3, 0.4) is 0 Å². The second-order valence-electron chi connectivity index (χ2n) is 0. The monoisotopic (exact) mass is 138 g/mol. The quantitative estimate of drug-likeness (QED) is 0.214. The van der Waals surface area contributed by atoms with Crippen LogP contribution in [-0.2, 0) is 43.4 Å². The zero-order valence-electron chi connectivity index (χ0n) is 3.89. The maximum atomic E-state index is 6.00. The molecule has 0 spiro atoms. The molecule has 0 aliphatic rings. The summed E-state index contributed by atoms with van der Waals surface area (Å²) >= 11 is 0. The standard InChI is InChI=1S/Li.H2O2.2Ti.H/c;1-2;;;/h;1-2H;;;/q+1;;;;-1. The first-order chi connectivity index (χ1) is 1.00. The van der Waals surface area contributed by atoms with Crippen molar-refractivity contribution in [2.45, 2.75) is 0 Å². The van der Waals surface area contributed by atoms with Gasteiger partial charge in [-0.2, -0.15) is 0 Å². The van der Waals surface area contributed by atoms with E-state index in [1.807, 2.05) is 0 Å². The third-order valence-electron chi connectivity index (χ3n) is 0. The summed E-state index contributed by atoms with van der Waals surface area (Å²) in [5, 5.41) is 12.0. The molecule has 0 bridgehead atoms. The second-order valence-corrected chi connectivity index (χ2v) is 0. The van der Waals surface area contributed by atoms with Gasteiger partial charge < -0.3 is 1.43 Å². The Morgan fingerprint density at radius 3 is 1.00 bits per heavy atom. The van der Waals surface area contributed by atoms with E-state index in [4.69, 9.17) is 10.5 Å². The Hall–Kier alpha value is 1.95. The molecule has 2 nitrogen and oxygen atoms in total. The molecule has 0 fully saturated rings. The molecule has 0 aromatic heterocycles. The fourth-order valence-corrected chi connectivity index (χ4v) is 0. The molecule has 0 heterocycles. The smallest absolute Gasteiger partial charge is 1.00 e. The maximum absolute atomic E-state index is 6.00. The van der Waals surface area contributed by atoms with Gasteiger partial charge in [0.15, 0.2) is 0 Å². The van der Waals surface area contributed by atoms with E-state index < -0.39 is 0 Å². The third kappa shape index (κ3) is 24.4. The van der Waals surface area contributed by atoms with Gasteiger partial charge in [-0.15, -0.1) is 0 Å². The van der Waals surface area contributed by atoms with E-state index in [9.17, 15) is 0 Å². The van der Waals surface area contributed by atoms with Crippen LogP contribution < -0.4 is 18.9 Å². The van der Waals surface area contributed by atoms with Gasteiger partial charge in [-0.05, 0) is 0 Å². The SMILES string of the molecule is OO.[H-].[Li+].[Ti].[Ti]. The molecule has 0 rings (SSSR count). The van der Waals surface area contributed by atoms with Gasteiger partial charge in [0.25, 0.3) is 0 Å². The number of hydrogen-bond acceptors (Lipinski definition) is 2. The van der Waals surface area contributed by atoms with Gasteiger partial charge >= 0.3 is 18.9 Å². The van der Waals surface area contributed by atoms with Crippen molar-refractivity contribution in [1.82, 2.24) is 0 Å². The molecule has 0 aromatic rings. The summed E-state index contributed by atoms with van der Waals surface area (Å²) in [6.45, 7) is 0. The van der Waals surface area contributed by atoms with Crippen LogP contribution in [-0.4, -0.2) is 10.5 Å². The molecular formula is H3LiO2Ti2. The van der Waals surface area contributed by atoms with Gasteiger partial charge in [0.2, 0.25) is 0 Å². The first kappa shape index (κ1) is 28.3. The molecule has 0 saturated carbocycles. The molecule has 0 aliphatic carbocycles. The Morgan fingerprint density at radius 1 is 1.00 bits per heavy atom. The fraction of sp³-hybridized carbons (Fsp3) is 0. The van der Waals surface area contributed by atoms with Gasteiger partial charge in [0, 0.05) is 43.4 Å². The molecule has 0 amide bonds. The molecule has 0 aliphatic heterocycles. The van der Waals surface area contributed by atoms with Gasteiger partial charge in [-0.25, -0.2) is 0 Å². The molecule has 0 atom stereocenters. The minimum Gasteiger partial charge on any atom is -1.00 e. The first-order valence-electron chi connectivity index (χ1n) is 0.200. The Morgan fingerprint density at radius 2 is 1.00 bits per heavy atom. The van der Waals surface area contributed by atoms with E-state index in [2.05, 4.69) is 0 Å².